The molecule has 8 heteroatoms. The number of rotatable bonds is 5. The smallest absolute Gasteiger partial charge is 0.241 e. The van der Waals surface area contributed by atoms with Gasteiger partial charge in [-0.3, -0.25) is 0 Å². The maximum Gasteiger partial charge on any atom is 0.241 e. The molecule has 110 valence electrons. The molecular formula is C11H18ClFN2O3S. The van der Waals surface area contributed by atoms with Crippen molar-refractivity contribution in [3.8, 4) is 5.75 Å². The van der Waals surface area contributed by atoms with Crippen molar-refractivity contribution >= 4 is 22.4 Å². The molecule has 1 atom stereocenters. The summed E-state index contributed by atoms with van der Waals surface area (Å²) in [6.07, 6.45) is 0. The van der Waals surface area contributed by atoms with Crippen LogP contribution < -0.4 is 15.2 Å². The third-order valence-corrected chi connectivity index (χ3v) is 4.25. The lowest BCUT2D eigenvalue weighted by Crippen LogP contribution is -2.38. The average molecular weight is 313 g/mol. The molecule has 1 rings (SSSR count). The second-order valence-corrected chi connectivity index (χ2v) is 5.65. The summed E-state index contributed by atoms with van der Waals surface area (Å²) in [6.45, 7) is 3.18. The van der Waals surface area contributed by atoms with Gasteiger partial charge < -0.3 is 10.5 Å². The molecule has 1 aromatic carbocycles. The summed E-state index contributed by atoms with van der Waals surface area (Å²) < 4.78 is 44.9. The van der Waals surface area contributed by atoms with Gasteiger partial charge in [-0.25, -0.2) is 17.5 Å². The van der Waals surface area contributed by atoms with Crippen LogP contribution in [0.2, 0.25) is 0 Å². The number of nitrogens with one attached hydrogen (secondary N) is 1. The molecule has 0 aliphatic rings. The topological polar surface area (TPSA) is 81.4 Å². The minimum absolute atomic E-state index is 0. The van der Waals surface area contributed by atoms with Gasteiger partial charge >= 0.3 is 0 Å². The molecule has 0 fully saturated rings. The van der Waals surface area contributed by atoms with Crippen molar-refractivity contribution in [3.05, 3.63) is 23.5 Å². The van der Waals surface area contributed by atoms with E-state index in [-0.39, 0.29) is 35.2 Å². The van der Waals surface area contributed by atoms with Crippen molar-refractivity contribution in [3.63, 3.8) is 0 Å². The first-order valence-corrected chi connectivity index (χ1v) is 6.87. The van der Waals surface area contributed by atoms with Crippen LogP contribution in [-0.2, 0) is 10.0 Å². The van der Waals surface area contributed by atoms with Gasteiger partial charge in [-0.05, 0) is 26.0 Å². The third kappa shape index (κ3) is 4.04. The Morgan fingerprint density at radius 1 is 1.47 bits per heavy atom. The highest BCUT2D eigenvalue weighted by Crippen LogP contribution is 2.25. The second-order valence-electron chi connectivity index (χ2n) is 3.96. The molecule has 5 nitrogen and oxygen atoms in total. The van der Waals surface area contributed by atoms with Crippen molar-refractivity contribution in [1.82, 2.24) is 4.72 Å². The zero-order valence-electron chi connectivity index (χ0n) is 10.9. The number of hydrogen-bond donors (Lipinski definition) is 2. The van der Waals surface area contributed by atoms with E-state index >= 15 is 0 Å². The summed E-state index contributed by atoms with van der Waals surface area (Å²) in [5, 5.41) is 0. The van der Waals surface area contributed by atoms with E-state index in [1.807, 2.05) is 0 Å². The first-order chi connectivity index (χ1) is 8.33. The van der Waals surface area contributed by atoms with Crippen LogP contribution in [0.5, 0.6) is 5.75 Å². The molecule has 0 saturated carbocycles. The summed E-state index contributed by atoms with van der Waals surface area (Å²) in [6, 6.07) is 2.17. The largest absolute Gasteiger partial charge is 0.494 e. The monoisotopic (exact) mass is 312 g/mol. The van der Waals surface area contributed by atoms with Crippen LogP contribution >= 0.6 is 12.4 Å². The van der Waals surface area contributed by atoms with Gasteiger partial charge in [-0.15, -0.1) is 12.4 Å². The molecule has 19 heavy (non-hydrogen) atoms. The number of sulfonamides is 1. The van der Waals surface area contributed by atoms with Gasteiger partial charge in [0.25, 0.3) is 0 Å². The Morgan fingerprint density at radius 3 is 2.53 bits per heavy atom. The Kier molecular flexibility index (Phi) is 6.71. The van der Waals surface area contributed by atoms with Crippen LogP contribution in [0.1, 0.15) is 12.5 Å². The summed E-state index contributed by atoms with van der Waals surface area (Å²) in [7, 11) is -2.46. The van der Waals surface area contributed by atoms with Crippen LogP contribution in [0.25, 0.3) is 0 Å². The number of methoxy groups -OCH3 is 1. The zero-order chi connectivity index (χ0) is 13.9. The Balaban J connectivity index is 0.00000324. The molecule has 3 N–H and O–H groups in total. The predicted octanol–water partition coefficient (Wildman–Crippen LogP) is 1.19. The third-order valence-electron chi connectivity index (χ3n) is 2.52. The average Bonchev–Trinajstić information content (AvgIpc) is 2.31. The molecule has 0 saturated heterocycles. The standard InChI is InChI=1S/C11H17FN2O3S.ClH/c1-7(6-13)14-18(15,16)10-5-4-9(17-3)11(12)8(10)2;/h4-5,7,14H,6,13H2,1-3H3;1H/t7-;/m0./s1. The Labute approximate surface area is 118 Å². The molecule has 0 amide bonds. The number of benzene rings is 1. The highest BCUT2D eigenvalue weighted by Gasteiger charge is 2.22. The van der Waals surface area contributed by atoms with E-state index < -0.39 is 21.9 Å². The maximum absolute atomic E-state index is 13.8. The van der Waals surface area contributed by atoms with Gasteiger partial charge in [0.1, 0.15) is 0 Å². The lowest BCUT2D eigenvalue weighted by Gasteiger charge is -2.14. The molecule has 0 unspecified atom stereocenters. The van der Waals surface area contributed by atoms with E-state index in [0.29, 0.717) is 0 Å². The zero-order valence-corrected chi connectivity index (χ0v) is 12.6. The van der Waals surface area contributed by atoms with Crippen LogP contribution in [-0.4, -0.2) is 28.1 Å². The van der Waals surface area contributed by atoms with Crippen LogP contribution in [0.4, 0.5) is 4.39 Å². The van der Waals surface area contributed by atoms with E-state index in [9.17, 15) is 12.8 Å². The van der Waals surface area contributed by atoms with E-state index in [4.69, 9.17) is 10.5 Å². The first-order valence-electron chi connectivity index (χ1n) is 5.39. The van der Waals surface area contributed by atoms with Gasteiger partial charge in [-0.1, -0.05) is 0 Å². The number of ether oxygens (including phenoxy) is 1. The highest BCUT2D eigenvalue weighted by molar-refractivity contribution is 7.89. The van der Waals surface area contributed by atoms with Gasteiger partial charge in [0.2, 0.25) is 10.0 Å². The van der Waals surface area contributed by atoms with Gasteiger partial charge in [0.15, 0.2) is 11.6 Å². The van der Waals surface area contributed by atoms with Crippen LogP contribution in [0.3, 0.4) is 0 Å². The van der Waals surface area contributed by atoms with Crippen molar-refractivity contribution in [2.24, 2.45) is 5.73 Å². The van der Waals surface area contributed by atoms with Gasteiger partial charge in [-0.2, -0.15) is 0 Å². The number of hydrogen-bond acceptors (Lipinski definition) is 4. The molecular weight excluding hydrogens is 295 g/mol. The van der Waals surface area contributed by atoms with E-state index in [1.54, 1.807) is 6.92 Å². The normalized spacial score (nSPS) is 12.7. The number of nitrogens with two attached hydrogens (primary N) is 1. The summed E-state index contributed by atoms with van der Waals surface area (Å²) in [5.41, 5.74) is 5.37. The fraction of sp³-hybridized carbons (Fsp3) is 0.455. The van der Waals surface area contributed by atoms with Crippen molar-refractivity contribution in [2.45, 2.75) is 24.8 Å². The minimum atomic E-state index is -3.78. The van der Waals surface area contributed by atoms with Crippen LogP contribution in [0.15, 0.2) is 17.0 Å². The second kappa shape index (κ2) is 7.04. The number of halogens is 2. The highest BCUT2D eigenvalue weighted by atomic mass is 35.5. The summed E-state index contributed by atoms with van der Waals surface area (Å²) >= 11 is 0. The first kappa shape index (κ1) is 18.1. The molecule has 0 bridgehead atoms. The van der Waals surface area contributed by atoms with E-state index in [1.165, 1.54) is 26.2 Å². The lowest BCUT2D eigenvalue weighted by atomic mass is 10.2. The lowest BCUT2D eigenvalue weighted by molar-refractivity contribution is 0.384. The Morgan fingerprint density at radius 2 is 2.05 bits per heavy atom. The molecule has 0 spiro atoms. The van der Waals surface area contributed by atoms with Crippen molar-refractivity contribution in [1.29, 1.82) is 0 Å². The maximum atomic E-state index is 13.8. The Hall–Kier alpha value is -0.890. The fourth-order valence-electron chi connectivity index (χ4n) is 1.47. The molecule has 0 radical (unpaired) electrons. The summed E-state index contributed by atoms with van der Waals surface area (Å²) in [5.74, 6) is -0.668. The van der Waals surface area contributed by atoms with Crippen molar-refractivity contribution < 1.29 is 17.5 Å². The molecule has 0 heterocycles. The molecule has 0 aromatic heterocycles. The molecule has 0 aliphatic heterocycles. The quantitative estimate of drug-likeness (QED) is 0.855. The van der Waals surface area contributed by atoms with Crippen molar-refractivity contribution in [2.75, 3.05) is 13.7 Å². The fourth-order valence-corrected chi connectivity index (χ4v) is 2.96. The van der Waals surface area contributed by atoms with E-state index in [2.05, 4.69) is 4.72 Å². The molecule has 0 aliphatic carbocycles. The van der Waals surface area contributed by atoms with Gasteiger partial charge in [0, 0.05) is 18.2 Å². The summed E-state index contributed by atoms with van der Waals surface area (Å²) in [4.78, 5) is -0.110. The van der Waals surface area contributed by atoms with Gasteiger partial charge in [0.05, 0.1) is 12.0 Å². The van der Waals surface area contributed by atoms with Crippen LogP contribution in [0, 0.1) is 12.7 Å². The minimum Gasteiger partial charge on any atom is -0.494 e. The SMILES string of the molecule is COc1ccc(S(=O)(=O)N[C@@H](C)CN)c(C)c1F.Cl. The predicted molar refractivity (Wildman–Crippen MR) is 73.8 cm³/mol. The van der Waals surface area contributed by atoms with E-state index in [0.717, 1.165) is 0 Å². The Bertz CT molecular complexity index is 537. The molecule has 1 aromatic rings.